The van der Waals surface area contributed by atoms with Crippen molar-refractivity contribution in [3.05, 3.63) is 49.7 Å². The van der Waals surface area contributed by atoms with E-state index in [0.29, 0.717) is 4.77 Å². The van der Waals surface area contributed by atoms with Gasteiger partial charge in [-0.15, -0.1) is 0 Å². The number of aryl methyl sites for hydroxylation is 1. The van der Waals surface area contributed by atoms with Crippen molar-refractivity contribution in [2.75, 3.05) is 0 Å². The Labute approximate surface area is 131 Å². The van der Waals surface area contributed by atoms with Gasteiger partial charge in [0.2, 0.25) is 0 Å². The highest BCUT2D eigenvalue weighted by Crippen LogP contribution is 2.25. The first-order valence-corrected chi connectivity index (χ1v) is 7.58. The number of imidazole rings is 1. The predicted molar refractivity (Wildman–Crippen MR) is 86.4 cm³/mol. The van der Waals surface area contributed by atoms with E-state index in [-0.39, 0.29) is 0 Å². The number of fused-ring (bicyclic) bond motifs is 1. The molecular weight excluding hydrogens is 390 g/mol. The highest BCUT2D eigenvalue weighted by molar-refractivity contribution is 9.10. The summed E-state index contributed by atoms with van der Waals surface area (Å²) in [5.74, 6) is 0. The highest BCUT2D eigenvalue weighted by atomic mass is 79.9. The van der Waals surface area contributed by atoms with Crippen molar-refractivity contribution in [1.29, 1.82) is 0 Å². The van der Waals surface area contributed by atoms with E-state index >= 15 is 0 Å². The molecule has 2 aromatic heterocycles. The quantitative estimate of drug-likeness (QED) is 0.590. The normalized spacial score (nSPS) is 11.1. The van der Waals surface area contributed by atoms with Crippen LogP contribution in [0.1, 0.15) is 5.56 Å². The van der Waals surface area contributed by atoms with Crippen molar-refractivity contribution in [1.82, 2.24) is 14.5 Å². The molecule has 0 spiro atoms. The fraction of sp³-hybridized carbons (Fsp3) is 0.0769. The number of pyridine rings is 1. The van der Waals surface area contributed by atoms with Crippen molar-refractivity contribution in [2.45, 2.75) is 6.92 Å². The summed E-state index contributed by atoms with van der Waals surface area (Å²) in [5, 5.41) is 0. The first-order chi connectivity index (χ1) is 9.06. The minimum absolute atomic E-state index is 0.641. The SMILES string of the molecule is Cc1ccc(Br)cc1-n1c(=S)[nH]c2cc(Br)cnc21. The van der Waals surface area contributed by atoms with Crippen molar-refractivity contribution in [3.63, 3.8) is 0 Å². The monoisotopic (exact) mass is 397 g/mol. The first kappa shape index (κ1) is 13.0. The number of benzene rings is 1. The molecule has 0 aliphatic heterocycles. The Bertz CT molecular complexity index is 836. The second-order valence-electron chi connectivity index (χ2n) is 4.22. The molecule has 3 rings (SSSR count). The average molecular weight is 399 g/mol. The summed E-state index contributed by atoms with van der Waals surface area (Å²) < 4.78 is 4.54. The van der Waals surface area contributed by atoms with Crippen LogP contribution in [0.2, 0.25) is 0 Å². The topological polar surface area (TPSA) is 33.6 Å². The highest BCUT2D eigenvalue weighted by Gasteiger charge is 2.10. The molecule has 0 aliphatic rings. The molecule has 19 heavy (non-hydrogen) atoms. The smallest absolute Gasteiger partial charge is 0.184 e. The van der Waals surface area contributed by atoms with Gasteiger partial charge in [-0.05, 0) is 58.8 Å². The average Bonchev–Trinajstić information content (AvgIpc) is 2.67. The lowest BCUT2D eigenvalue weighted by Gasteiger charge is -2.08. The number of hydrogen-bond acceptors (Lipinski definition) is 2. The van der Waals surface area contributed by atoms with E-state index in [1.807, 2.05) is 22.8 Å². The van der Waals surface area contributed by atoms with E-state index in [9.17, 15) is 0 Å². The van der Waals surface area contributed by atoms with Crippen LogP contribution >= 0.6 is 44.1 Å². The number of halogens is 2. The van der Waals surface area contributed by atoms with Crippen LogP contribution in [0.5, 0.6) is 0 Å². The number of nitrogens with one attached hydrogen (secondary N) is 1. The summed E-state index contributed by atoms with van der Waals surface area (Å²) in [4.78, 5) is 7.63. The van der Waals surface area contributed by atoms with E-state index in [2.05, 4.69) is 54.8 Å². The molecule has 1 aromatic carbocycles. The molecule has 0 aliphatic carbocycles. The maximum absolute atomic E-state index is 5.42. The van der Waals surface area contributed by atoms with Crippen molar-refractivity contribution in [3.8, 4) is 5.69 Å². The fourth-order valence-corrected chi connectivity index (χ4v) is 2.99. The van der Waals surface area contributed by atoms with Gasteiger partial charge >= 0.3 is 0 Å². The third-order valence-corrected chi connectivity index (χ3v) is 4.11. The molecule has 0 fully saturated rings. The lowest BCUT2D eigenvalue weighted by Crippen LogP contribution is -1.98. The summed E-state index contributed by atoms with van der Waals surface area (Å²) in [5.41, 5.74) is 3.92. The number of H-pyrrole nitrogens is 1. The van der Waals surface area contributed by atoms with Gasteiger partial charge in [-0.25, -0.2) is 4.98 Å². The second-order valence-corrected chi connectivity index (χ2v) is 6.44. The van der Waals surface area contributed by atoms with Crippen LogP contribution in [0, 0.1) is 11.7 Å². The van der Waals surface area contributed by atoms with Crippen molar-refractivity contribution in [2.24, 2.45) is 0 Å². The summed E-state index contributed by atoms with van der Waals surface area (Å²) in [7, 11) is 0. The van der Waals surface area contributed by atoms with Gasteiger partial charge in [0.25, 0.3) is 0 Å². The van der Waals surface area contributed by atoms with Gasteiger partial charge in [0.05, 0.1) is 11.2 Å². The summed E-state index contributed by atoms with van der Waals surface area (Å²) >= 11 is 12.3. The Kier molecular flexibility index (Phi) is 3.32. The molecule has 2 heterocycles. The number of rotatable bonds is 1. The molecule has 0 amide bonds. The first-order valence-electron chi connectivity index (χ1n) is 5.59. The largest absolute Gasteiger partial charge is 0.329 e. The van der Waals surface area contributed by atoms with Gasteiger partial charge in [0.15, 0.2) is 10.4 Å². The van der Waals surface area contributed by atoms with Crippen molar-refractivity contribution < 1.29 is 0 Å². The number of aromatic nitrogens is 3. The summed E-state index contributed by atoms with van der Waals surface area (Å²) in [6.07, 6.45) is 1.77. The maximum Gasteiger partial charge on any atom is 0.184 e. The zero-order valence-corrected chi connectivity index (χ0v) is 13.9. The molecule has 6 heteroatoms. The number of nitrogens with zero attached hydrogens (tertiary/aromatic N) is 2. The predicted octanol–water partition coefficient (Wildman–Crippen LogP) is 4.92. The molecule has 0 saturated heterocycles. The van der Waals surface area contributed by atoms with E-state index in [1.54, 1.807) is 6.20 Å². The van der Waals surface area contributed by atoms with E-state index in [1.165, 1.54) is 0 Å². The van der Waals surface area contributed by atoms with Gasteiger partial charge in [0, 0.05) is 15.1 Å². The Morgan fingerprint density at radius 2 is 2.00 bits per heavy atom. The molecule has 3 nitrogen and oxygen atoms in total. The minimum Gasteiger partial charge on any atom is -0.329 e. The molecule has 96 valence electrons. The third-order valence-electron chi connectivity index (χ3n) is 2.90. The standard InChI is InChI=1S/C13H9Br2N3S/c1-7-2-3-8(14)5-11(7)18-12-10(17-13(18)19)4-9(15)6-16-12/h2-6H,1H3,(H,17,19). The zero-order chi connectivity index (χ0) is 13.6. The van der Waals surface area contributed by atoms with Crippen LogP contribution in [0.25, 0.3) is 16.9 Å². The van der Waals surface area contributed by atoms with E-state index in [0.717, 1.165) is 31.4 Å². The minimum atomic E-state index is 0.641. The zero-order valence-electron chi connectivity index (χ0n) is 9.95. The Morgan fingerprint density at radius 1 is 1.21 bits per heavy atom. The summed E-state index contributed by atoms with van der Waals surface area (Å²) in [6, 6.07) is 8.09. The Morgan fingerprint density at radius 3 is 2.79 bits per heavy atom. The lowest BCUT2D eigenvalue weighted by atomic mass is 10.2. The lowest BCUT2D eigenvalue weighted by molar-refractivity contribution is 1.03. The Balaban J connectivity index is 2.39. The maximum atomic E-state index is 5.42. The van der Waals surface area contributed by atoms with E-state index < -0.39 is 0 Å². The number of aromatic amines is 1. The van der Waals surface area contributed by atoms with Crippen LogP contribution in [0.15, 0.2) is 39.4 Å². The van der Waals surface area contributed by atoms with Crippen molar-refractivity contribution >= 4 is 55.2 Å². The third kappa shape index (κ3) is 2.28. The van der Waals surface area contributed by atoms with Gasteiger partial charge in [-0.1, -0.05) is 22.0 Å². The molecular formula is C13H9Br2N3S. The summed E-state index contributed by atoms with van der Waals surface area (Å²) in [6.45, 7) is 2.06. The van der Waals surface area contributed by atoms with Gasteiger partial charge in [-0.3, -0.25) is 4.57 Å². The van der Waals surface area contributed by atoms with Gasteiger partial charge < -0.3 is 4.98 Å². The molecule has 0 radical (unpaired) electrons. The van der Waals surface area contributed by atoms with E-state index in [4.69, 9.17) is 12.2 Å². The molecule has 0 saturated carbocycles. The second kappa shape index (κ2) is 4.85. The van der Waals surface area contributed by atoms with Crippen LogP contribution in [-0.4, -0.2) is 14.5 Å². The molecule has 3 aromatic rings. The molecule has 0 atom stereocenters. The van der Waals surface area contributed by atoms with Gasteiger partial charge in [-0.2, -0.15) is 0 Å². The fourth-order valence-electron chi connectivity index (χ4n) is 2.02. The Hall–Kier alpha value is -0.980. The van der Waals surface area contributed by atoms with Crippen LogP contribution in [-0.2, 0) is 0 Å². The van der Waals surface area contributed by atoms with Gasteiger partial charge in [0.1, 0.15) is 0 Å². The number of hydrogen-bond donors (Lipinski definition) is 1. The molecule has 0 unspecified atom stereocenters. The molecule has 1 N–H and O–H groups in total. The molecule has 0 bridgehead atoms. The van der Waals surface area contributed by atoms with Crippen LogP contribution < -0.4 is 0 Å². The van der Waals surface area contributed by atoms with Crippen LogP contribution in [0.4, 0.5) is 0 Å². The van der Waals surface area contributed by atoms with Crippen LogP contribution in [0.3, 0.4) is 0 Å².